The van der Waals surface area contributed by atoms with Crippen LogP contribution in [-0.2, 0) is 11.3 Å². The average Bonchev–Trinajstić information content (AvgIpc) is 2.17. The highest BCUT2D eigenvalue weighted by atomic mass is 35.5. The summed E-state index contributed by atoms with van der Waals surface area (Å²) in [6.07, 6.45) is 0.940. The van der Waals surface area contributed by atoms with Gasteiger partial charge in [0, 0.05) is 11.1 Å². The molecule has 2 nitrogen and oxygen atoms in total. The van der Waals surface area contributed by atoms with Gasteiger partial charge >= 0.3 is 0 Å². The number of ether oxygens (including phenoxy) is 1. The van der Waals surface area contributed by atoms with Crippen LogP contribution in [0.15, 0.2) is 24.3 Å². The zero-order valence-electron chi connectivity index (χ0n) is 8.37. The Kier molecular flexibility index (Phi) is 4.94. The minimum absolute atomic E-state index is 0.134. The first kappa shape index (κ1) is 11.5. The second-order valence-electron chi connectivity index (χ2n) is 3.31. The third-order valence-electron chi connectivity index (χ3n) is 2.01. The van der Waals surface area contributed by atoms with Crippen molar-refractivity contribution in [2.45, 2.75) is 26.0 Å². The Bertz CT molecular complexity index is 278. The molecule has 0 spiro atoms. The Hall–Kier alpha value is -0.570. The van der Waals surface area contributed by atoms with Crippen LogP contribution >= 0.6 is 11.6 Å². The molecule has 3 heteroatoms. The normalized spacial score (nSPS) is 12.8. The highest BCUT2D eigenvalue weighted by Crippen LogP contribution is 2.11. The summed E-state index contributed by atoms with van der Waals surface area (Å²) < 4.78 is 5.44. The van der Waals surface area contributed by atoms with Crippen molar-refractivity contribution in [2.24, 2.45) is 5.73 Å². The molecular weight excluding hydrogens is 198 g/mol. The first-order valence-corrected chi connectivity index (χ1v) is 5.18. The number of hydrogen-bond donors (Lipinski definition) is 1. The molecule has 0 bridgehead atoms. The van der Waals surface area contributed by atoms with E-state index in [-0.39, 0.29) is 6.04 Å². The lowest BCUT2D eigenvalue weighted by Crippen LogP contribution is -2.24. The Morgan fingerprint density at radius 3 is 2.93 bits per heavy atom. The van der Waals surface area contributed by atoms with Crippen molar-refractivity contribution < 1.29 is 4.74 Å². The van der Waals surface area contributed by atoms with E-state index in [9.17, 15) is 0 Å². The topological polar surface area (TPSA) is 35.2 Å². The van der Waals surface area contributed by atoms with E-state index in [1.54, 1.807) is 0 Å². The van der Waals surface area contributed by atoms with E-state index in [0.717, 1.165) is 17.0 Å². The van der Waals surface area contributed by atoms with E-state index >= 15 is 0 Å². The fourth-order valence-corrected chi connectivity index (χ4v) is 1.29. The molecular formula is C11H16ClNO. The van der Waals surface area contributed by atoms with E-state index in [1.165, 1.54) is 0 Å². The van der Waals surface area contributed by atoms with Crippen molar-refractivity contribution >= 4 is 11.6 Å². The third-order valence-corrected chi connectivity index (χ3v) is 2.25. The van der Waals surface area contributed by atoms with Gasteiger partial charge in [-0.1, -0.05) is 30.7 Å². The maximum Gasteiger partial charge on any atom is 0.0718 e. The van der Waals surface area contributed by atoms with Gasteiger partial charge in [-0.15, -0.1) is 0 Å². The van der Waals surface area contributed by atoms with Crippen LogP contribution in [0.5, 0.6) is 0 Å². The van der Waals surface area contributed by atoms with Crippen molar-refractivity contribution in [3.05, 3.63) is 34.9 Å². The Morgan fingerprint density at radius 1 is 1.50 bits per heavy atom. The lowest BCUT2D eigenvalue weighted by atomic mass is 10.2. The predicted octanol–water partition coefficient (Wildman–Crippen LogP) is 2.59. The smallest absolute Gasteiger partial charge is 0.0718 e. The van der Waals surface area contributed by atoms with Gasteiger partial charge in [-0.05, 0) is 24.1 Å². The molecule has 0 aromatic heterocycles. The van der Waals surface area contributed by atoms with E-state index in [2.05, 4.69) is 0 Å². The predicted molar refractivity (Wildman–Crippen MR) is 59.4 cm³/mol. The molecule has 0 aliphatic heterocycles. The molecule has 0 aliphatic carbocycles. The summed E-state index contributed by atoms with van der Waals surface area (Å²) in [6.45, 7) is 3.23. The van der Waals surface area contributed by atoms with Crippen LogP contribution in [0.3, 0.4) is 0 Å². The van der Waals surface area contributed by atoms with Crippen LogP contribution in [0.4, 0.5) is 0 Å². The monoisotopic (exact) mass is 213 g/mol. The van der Waals surface area contributed by atoms with Gasteiger partial charge in [-0.3, -0.25) is 0 Å². The van der Waals surface area contributed by atoms with E-state index in [4.69, 9.17) is 22.1 Å². The van der Waals surface area contributed by atoms with E-state index < -0.39 is 0 Å². The lowest BCUT2D eigenvalue weighted by Gasteiger charge is -2.09. The van der Waals surface area contributed by atoms with Gasteiger partial charge in [0.15, 0.2) is 0 Å². The molecule has 1 rings (SSSR count). The van der Waals surface area contributed by atoms with Gasteiger partial charge in [-0.25, -0.2) is 0 Å². The van der Waals surface area contributed by atoms with Crippen LogP contribution < -0.4 is 5.73 Å². The number of benzene rings is 1. The SMILES string of the molecule is CC[C@H](N)COCc1cccc(Cl)c1. The molecule has 0 saturated heterocycles. The molecule has 0 amide bonds. The van der Waals surface area contributed by atoms with Crippen LogP contribution in [0.2, 0.25) is 5.02 Å². The third kappa shape index (κ3) is 4.09. The molecule has 0 saturated carbocycles. The van der Waals surface area contributed by atoms with Crippen LogP contribution in [-0.4, -0.2) is 12.6 Å². The average molecular weight is 214 g/mol. The standard InChI is InChI=1S/C11H16ClNO/c1-2-11(13)8-14-7-9-4-3-5-10(12)6-9/h3-6,11H,2,7-8,13H2,1H3/t11-/m0/s1. The van der Waals surface area contributed by atoms with Gasteiger partial charge in [0.1, 0.15) is 0 Å². The van der Waals surface area contributed by atoms with E-state index in [1.807, 2.05) is 31.2 Å². The molecule has 0 radical (unpaired) electrons. The fraction of sp³-hybridized carbons (Fsp3) is 0.455. The minimum Gasteiger partial charge on any atom is -0.375 e. The van der Waals surface area contributed by atoms with Crippen molar-refractivity contribution in [1.82, 2.24) is 0 Å². The van der Waals surface area contributed by atoms with Gasteiger partial charge in [0.2, 0.25) is 0 Å². The summed E-state index contributed by atoms with van der Waals surface area (Å²) >= 11 is 5.83. The van der Waals surface area contributed by atoms with Crippen molar-refractivity contribution in [2.75, 3.05) is 6.61 Å². The van der Waals surface area contributed by atoms with Gasteiger partial charge in [0.05, 0.1) is 13.2 Å². The number of rotatable bonds is 5. The molecule has 2 N–H and O–H groups in total. The Balaban J connectivity index is 2.31. The summed E-state index contributed by atoms with van der Waals surface area (Å²) in [4.78, 5) is 0. The second kappa shape index (κ2) is 6.02. The van der Waals surface area contributed by atoms with Gasteiger partial charge in [-0.2, -0.15) is 0 Å². The largest absolute Gasteiger partial charge is 0.375 e. The highest BCUT2D eigenvalue weighted by Gasteiger charge is 1.99. The zero-order valence-corrected chi connectivity index (χ0v) is 9.13. The summed E-state index contributed by atoms with van der Waals surface area (Å²) in [6, 6.07) is 7.79. The fourth-order valence-electron chi connectivity index (χ4n) is 1.07. The van der Waals surface area contributed by atoms with E-state index in [0.29, 0.717) is 13.2 Å². The lowest BCUT2D eigenvalue weighted by molar-refractivity contribution is 0.107. The van der Waals surface area contributed by atoms with Crippen LogP contribution in [0.25, 0.3) is 0 Å². The molecule has 0 unspecified atom stereocenters. The zero-order chi connectivity index (χ0) is 10.4. The van der Waals surface area contributed by atoms with Crippen molar-refractivity contribution in [1.29, 1.82) is 0 Å². The Labute approximate surface area is 90.0 Å². The molecule has 14 heavy (non-hydrogen) atoms. The van der Waals surface area contributed by atoms with Crippen LogP contribution in [0, 0.1) is 0 Å². The number of hydrogen-bond acceptors (Lipinski definition) is 2. The van der Waals surface area contributed by atoms with Crippen LogP contribution in [0.1, 0.15) is 18.9 Å². The number of nitrogens with two attached hydrogens (primary N) is 1. The highest BCUT2D eigenvalue weighted by molar-refractivity contribution is 6.30. The maximum atomic E-state index is 5.83. The first-order chi connectivity index (χ1) is 6.72. The van der Waals surface area contributed by atoms with Crippen molar-refractivity contribution in [3.8, 4) is 0 Å². The molecule has 0 heterocycles. The summed E-state index contributed by atoms with van der Waals surface area (Å²) in [5.41, 5.74) is 6.80. The van der Waals surface area contributed by atoms with Gasteiger partial charge in [0.25, 0.3) is 0 Å². The first-order valence-electron chi connectivity index (χ1n) is 4.80. The molecule has 78 valence electrons. The quantitative estimate of drug-likeness (QED) is 0.816. The maximum absolute atomic E-state index is 5.83. The second-order valence-corrected chi connectivity index (χ2v) is 3.75. The van der Waals surface area contributed by atoms with Crippen molar-refractivity contribution in [3.63, 3.8) is 0 Å². The minimum atomic E-state index is 0.134. The molecule has 0 fully saturated rings. The molecule has 1 aromatic carbocycles. The summed E-state index contributed by atoms with van der Waals surface area (Å²) in [5, 5.41) is 0.742. The molecule has 0 aliphatic rings. The summed E-state index contributed by atoms with van der Waals surface area (Å²) in [7, 11) is 0. The van der Waals surface area contributed by atoms with Gasteiger partial charge < -0.3 is 10.5 Å². The molecule has 1 atom stereocenters. The number of halogens is 1. The molecule has 1 aromatic rings. The summed E-state index contributed by atoms with van der Waals surface area (Å²) in [5.74, 6) is 0. The Morgan fingerprint density at radius 2 is 2.29 bits per heavy atom.